The molecule has 1 N–H and O–H groups in total. The van der Waals surface area contributed by atoms with Crippen LogP contribution in [0.1, 0.15) is 30.4 Å². The minimum absolute atomic E-state index is 0.773. The van der Waals surface area contributed by atoms with E-state index in [-0.39, 0.29) is 0 Å². The van der Waals surface area contributed by atoms with Crippen LogP contribution < -0.4 is 5.32 Å². The Morgan fingerprint density at radius 2 is 2.12 bits per heavy atom. The standard InChI is InChI=1S/C14H18ClN/c15-13-4-3-11-6-10(7-12(11)9-13)8-14-2-1-5-16-14/h3-4,9-10,14,16H,1-2,5-8H2. The third-order valence-electron chi connectivity index (χ3n) is 3.97. The minimum Gasteiger partial charge on any atom is -0.314 e. The lowest BCUT2D eigenvalue weighted by molar-refractivity contribution is 0.425. The van der Waals surface area contributed by atoms with Crippen LogP contribution in [0.2, 0.25) is 5.02 Å². The van der Waals surface area contributed by atoms with Gasteiger partial charge in [0.25, 0.3) is 0 Å². The van der Waals surface area contributed by atoms with Gasteiger partial charge in [0.05, 0.1) is 0 Å². The normalized spacial score (nSPS) is 28.3. The van der Waals surface area contributed by atoms with Crippen molar-refractivity contribution in [3.8, 4) is 0 Å². The molecule has 3 rings (SSSR count). The first kappa shape index (κ1) is 10.6. The summed E-state index contributed by atoms with van der Waals surface area (Å²) in [5.74, 6) is 0.837. The Labute approximate surface area is 102 Å². The van der Waals surface area contributed by atoms with E-state index in [0.717, 1.165) is 17.0 Å². The molecule has 1 fully saturated rings. The van der Waals surface area contributed by atoms with Crippen LogP contribution in [-0.2, 0) is 12.8 Å². The number of rotatable bonds is 2. The molecule has 0 amide bonds. The van der Waals surface area contributed by atoms with E-state index in [1.54, 1.807) is 0 Å². The van der Waals surface area contributed by atoms with Crippen molar-refractivity contribution in [1.29, 1.82) is 0 Å². The van der Waals surface area contributed by atoms with Gasteiger partial charge in [0.15, 0.2) is 0 Å². The van der Waals surface area contributed by atoms with Crippen molar-refractivity contribution in [1.82, 2.24) is 5.32 Å². The quantitative estimate of drug-likeness (QED) is 0.830. The van der Waals surface area contributed by atoms with E-state index in [0.29, 0.717) is 0 Å². The summed E-state index contributed by atoms with van der Waals surface area (Å²) >= 11 is 6.03. The lowest BCUT2D eigenvalue weighted by Gasteiger charge is -2.15. The molecule has 1 aromatic carbocycles. The van der Waals surface area contributed by atoms with Crippen LogP contribution in [-0.4, -0.2) is 12.6 Å². The second kappa shape index (κ2) is 4.38. The molecule has 0 radical (unpaired) electrons. The van der Waals surface area contributed by atoms with Gasteiger partial charge in [-0.05, 0) is 67.8 Å². The SMILES string of the molecule is Clc1ccc2c(c1)CC(CC1CCCN1)C2. The van der Waals surface area contributed by atoms with Gasteiger partial charge >= 0.3 is 0 Å². The highest BCUT2D eigenvalue weighted by Gasteiger charge is 2.25. The van der Waals surface area contributed by atoms with Gasteiger partial charge in [0, 0.05) is 11.1 Å². The minimum atomic E-state index is 0.773. The summed E-state index contributed by atoms with van der Waals surface area (Å²) in [6.07, 6.45) is 6.55. The molecule has 86 valence electrons. The van der Waals surface area contributed by atoms with E-state index in [9.17, 15) is 0 Å². The fourth-order valence-electron chi connectivity index (χ4n) is 3.20. The van der Waals surface area contributed by atoms with Gasteiger partial charge in [-0.25, -0.2) is 0 Å². The van der Waals surface area contributed by atoms with Crippen LogP contribution >= 0.6 is 11.6 Å². The first-order valence-electron chi connectivity index (χ1n) is 6.32. The van der Waals surface area contributed by atoms with Gasteiger partial charge in [0.2, 0.25) is 0 Å². The summed E-state index contributed by atoms with van der Waals surface area (Å²) in [7, 11) is 0. The van der Waals surface area contributed by atoms with Gasteiger partial charge in [-0.1, -0.05) is 17.7 Å². The molecule has 2 aliphatic rings. The van der Waals surface area contributed by atoms with E-state index in [2.05, 4.69) is 17.4 Å². The summed E-state index contributed by atoms with van der Waals surface area (Å²) in [5.41, 5.74) is 3.00. The van der Waals surface area contributed by atoms with Gasteiger partial charge in [0.1, 0.15) is 0 Å². The Bertz CT molecular complexity index is 382. The lowest BCUT2D eigenvalue weighted by atomic mass is 9.96. The molecule has 1 saturated heterocycles. The number of hydrogen-bond donors (Lipinski definition) is 1. The Morgan fingerprint density at radius 3 is 2.94 bits per heavy atom. The third-order valence-corrected chi connectivity index (χ3v) is 4.20. The second-order valence-corrected chi connectivity index (χ2v) is 5.65. The molecule has 1 nitrogen and oxygen atoms in total. The Balaban J connectivity index is 1.65. The highest BCUT2D eigenvalue weighted by Crippen LogP contribution is 2.32. The van der Waals surface area contributed by atoms with E-state index in [1.165, 1.54) is 49.8 Å². The molecular formula is C14H18ClN. The van der Waals surface area contributed by atoms with Crippen molar-refractivity contribution in [2.45, 2.75) is 38.1 Å². The summed E-state index contributed by atoms with van der Waals surface area (Å²) < 4.78 is 0. The first-order valence-corrected chi connectivity index (χ1v) is 6.70. The van der Waals surface area contributed by atoms with E-state index >= 15 is 0 Å². The highest BCUT2D eigenvalue weighted by atomic mass is 35.5. The molecule has 2 atom stereocenters. The van der Waals surface area contributed by atoms with E-state index < -0.39 is 0 Å². The Morgan fingerprint density at radius 1 is 1.25 bits per heavy atom. The number of fused-ring (bicyclic) bond motifs is 1. The highest BCUT2D eigenvalue weighted by molar-refractivity contribution is 6.30. The van der Waals surface area contributed by atoms with Crippen molar-refractivity contribution in [2.75, 3.05) is 6.54 Å². The number of halogens is 1. The fourth-order valence-corrected chi connectivity index (χ4v) is 3.40. The molecule has 1 aliphatic carbocycles. The van der Waals surface area contributed by atoms with Gasteiger partial charge in [-0.3, -0.25) is 0 Å². The predicted molar refractivity (Wildman–Crippen MR) is 68.0 cm³/mol. The topological polar surface area (TPSA) is 12.0 Å². The van der Waals surface area contributed by atoms with Crippen LogP contribution in [0.5, 0.6) is 0 Å². The summed E-state index contributed by atoms with van der Waals surface area (Å²) in [5, 5.41) is 4.48. The zero-order valence-corrected chi connectivity index (χ0v) is 10.3. The first-order chi connectivity index (χ1) is 7.81. The van der Waals surface area contributed by atoms with Crippen molar-refractivity contribution in [2.24, 2.45) is 5.92 Å². The van der Waals surface area contributed by atoms with E-state index in [1.807, 2.05) is 6.07 Å². The molecule has 1 aliphatic heterocycles. The van der Waals surface area contributed by atoms with E-state index in [4.69, 9.17) is 11.6 Å². The maximum Gasteiger partial charge on any atom is 0.0408 e. The summed E-state index contributed by atoms with van der Waals surface area (Å²) in [6, 6.07) is 7.16. The zero-order chi connectivity index (χ0) is 11.0. The fraction of sp³-hybridized carbons (Fsp3) is 0.571. The third kappa shape index (κ3) is 2.11. The van der Waals surface area contributed by atoms with Crippen molar-refractivity contribution < 1.29 is 0 Å². The second-order valence-electron chi connectivity index (χ2n) is 5.22. The maximum atomic E-state index is 6.03. The molecule has 0 aromatic heterocycles. The summed E-state index contributed by atoms with van der Waals surface area (Å²) in [4.78, 5) is 0. The molecular weight excluding hydrogens is 218 g/mol. The van der Waals surface area contributed by atoms with Crippen molar-refractivity contribution in [3.05, 3.63) is 34.3 Å². The van der Waals surface area contributed by atoms with Crippen LogP contribution in [0.15, 0.2) is 18.2 Å². The smallest absolute Gasteiger partial charge is 0.0408 e. The predicted octanol–water partition coefficient (Wildman–Crippen LogP) is 3.20. The number of hydrogen-bond acceptors (Lipinski definition) is 1. The molecule has 1 heterocycles. The average Bonchev–Trinajstić information content (AvgIpc) is 2.86. The van der Waals surface area contributed by atoms with Crippen LogP contribution in [0.4, 0.5) is 0 Å². The number of nitrogens with one attached hydrogen (secondary N) is 1. The van der Waals surface area contributed by atoms with Crippen molar-refractivity contribution in [3.63, 3.8) is 0 Å². The van der Waals surface area contributed by atoms with Gasteiger partial charge < -0.3 is 5.32 Å². The molecule has 0 bridgehead atoms. The number of benzene rings is 1. The Kier molecular flexibility index (Phi) is 2.91. The molecule has 0 spiro atoms. The molecule has 1 aromatic rings. The van der Waals surface area contributed by atoms with Crippen LogP contribution in [0.25, 0.3) is 0 Å². The molecule has 0 saturated carbocycles. The lowest BCUT2D eigenvalue weighted by Crippen LogP contribution is -2.24. The largest absolute Gasteiger partial charge is 0.314 e. The van der Waals surface area contributed by atoms with Crippen LogP contribution in [0, 0.1) is 5.92 Å². The van der Waals surface area contributed by atoms with Crippen LogP contribution in [0.3, 0.4) is 0 Å². The molecule has 16 heavy (non-hydrogen) atoms. The molecule has 2 unspecified atom stereocenters. The Hall–Kier alpha value is -0.530. The maximum absolute atomic E-state index is 6.03. The average molecular weight is 236 g/mol. The zero-order valence-electron chi connectivity index (χ0n) is 9.51. The molecule has 2 heteroatoms. The monoisotopic (exact) mass is 235 g/mol. The summed E-state index contributed by atoms with van der Waals surface area (Å²) in [6.45, 7) is 1.22. The van der Waals surface area contributed by atoms with Gasteiger partial charge in [-0.2, -0.15) is 0 Å². The van der Waals surface area contributed by atoms with Crippen molar-refractivity contribution >= 4 is 11.6 Å². The van der Waals surface area contributed by atoms with Gasteiger partial charge in [-0.15, -0.1) is 0 Å².